The molecule has 1 heterocycles. The van der Waals surface area contributed by atoms with E-state index in [9.17, 15) is 0 Å². The highest BCUT2D eigenvalue weighted by molar-refractivity contribution is 4.91. The van der Waals surface area contributed by atoms with Crippen molar-refractivity contribution in [2.45, 2.75) is 25.9 Å². The molecule has 1 aromatic heterocycles. The molecule has 11 heavy (non-hydrogen) atoms. The number of aryl methyl sites for hydroxylation is 2. The molecular weight excluding hydrogens is 142 g/mol. The van der Waals surface area contributed by atoms with Gasteiger partial charge in [-0.3, -0.25) is 4.68 Å². The Bertz CT molecular complexity index is 219. The lowest BCUT2D eigenvalue weighted by atomic mass is 10.2. The van der Waals surface area contributed by atoms with Crippen LogP contribution >= 0.6 is 0 Å². The van der Waals surface area contributed by atoms with Crippen LogP contribution in [0.5, 0.6) is 0 Å². The van der Waals surface area contributed by atoms with Crippen LogP contribution in [0.25, 0.3) is 0 Å². The predicted molar refractivity (Wildman–Crippen MR) is 41.0 cm³/mol. The van der Waals surface area contributed by atoms with Crippen molar-refractivity contribution in [3.63, 3.8) is 0 Å². The molecule has 4 nitrogen and oxygen atoms in total. The highest BCUT2D eigenvalue weighted by Gasteiger charge is 2.00. The Morgan fingerprint density at radius 2 is 2.45 bits per heavy atom. The average molecular weight is 155 g/mol. The molecule has 0 saturated carbocycles. The van der Waals surface area contributed by atoms with E-state index in [4.69, 9.17) is 5.11 Å². The SMILES string of the molecule is C[C@H](O)CCc1cn(C)nn1. The van der Waals surface area contributed by atoms with Gasteiger partial charge in [-0.2, -0.15) is 0 Å². The number of hydrogen-bond acceptors (Lipinski definition) is 3. The normalized spacial score (nSPS) is 13.4. The standard InChI is InChI=1S/C7H13N3O/c1-6(11)3-4-7-5-10(2)9-8-7/h5-6,11H,3-4H2,1-2H3/t6-/m0/s1. The minimum atomic E-state index is -0.253. The first-order valence-corrected chi connectivity index (χ1v) is 3.72. The third-order valence-electron chi connectivity index (χ3n) is 1.47. The maximum atomic E-state index is 8.97. The van der Waals surface area contributed by atoms with E-state index in [0.29, 0.717) is 0 Å². The van der Waals surface area contributed by atoms with Crippen LogP contribution in [0.4, 0.5) is 0 Å². The van der Waals surface area contributed by atoms with Gasteiger partial charge in [0.1, 0.15) is 0 Å². The van der Waals surface area contributed by atoms with Crippen molar-refractivity contribution in [1.29, 1.82) is 0 Å². The number of aliphatic hydroxyl groups is 1. The Morgan fingerprint density at radius 3 is 2.91 bits per heavy atom. The largest absolute Gasteiger partial charge is 0.393 e. The molecule has 4 heteroatoms. The first kappa shape index (κ1) is 8.20. The second-order valence-electron chi connectivity index (χ2n) is 2.77. The fourth-order valence-corrected chi connectivity index (χ4v) is 0.867. The van der Waals surface area contributed by atoms with Crippen molar-refractivity contribution in [3.05, 3.63) is 11.9 Å². The van der Waals surface area contributed by atoms with Crippen LogP contribution in [-0.2, 0) is 13.5 Å². The fraction of sp³-hybridized carbons (Fsp3) is 0.714. The quantitative estimate of drug-likeness (QED) is 0.675. The van der Waals surface area contributed by atoms with Gasteiger partial charge in [-0.05, 0) is 19.8 Å². The number of nitrogens with zero attached hydrogens (tertiary/aromatic N) is 3. The summed E-state index contributed by atoms with van der Waals surface area (Å²) in [7, 11) is 1.83. The molecule has 0 aromatic carbocycles. The zero-order valence-electron chi connectivity index (χ0n) is 6.86. The molecule has 0 amide bonds. The summed E-state index contributed by atoms with van der Waals surface area (Å²) in [4.78, 5) is 0. The number of aliphatic hydroxyl groups excluding tert-OH is 1. The molecular formula is C7H13N3O. The second kappa shape index (κ2) is 3.48. The van der Waals surface area contributed by atoms with E-state index in [0.717, 1.165) is 18.5 Å². The number of rotatable bonds is 3. The highest BCUT2D eigenvalue weighted by atomic mass is 16.3. The summed E-state index contributed by atoms with van der Waals surface area (Å²) in [5, 5.41) is 16.6. The van der Waals surface area contributed by atoms with E-state index in [1.807, 2.05) is 13.2 Å². The Morgan fingerprint density at radius 1 is 1.73 bits per heavy atom. The fourth-order valence-electron chi connectivity index (χ4n) is 0.867. The van der Waals surface area contributed by atoms with Crippen molar-refractivity contribution < 1.29 is 5.11 Å². The Labute approximate surface area is 65.8 Å². The van der Waals surface area contributed by atoms with Gasteiger partial charge in [0.25, 0.3) is 0 Å². The summed E-state index contributed by atoms with van der Waals surface area (Å²) in [6.45, 7) is 1.77. The lowest BCUT2D eigenvalue weighted by molar-refractivity contribution is 0.184. The van der Waals surface area contributed by atoms with Gasteiger partial charge >= 0.3 is 0 Å². The van der Waals surface area contributed by atoms with Crippen LogP contribution < -0.4 is 0 Å². The van der Waals surface area contributed by atoms with E-state index in [-0.39, 0.29) is 6.10 Å². The van der Waals surface area contributed by atoms with E-state index < -0.39 is 0 Å². The van der Waals surface area contributed by atoms with Crippen LogP contribution in [0, 0.1) is 0 Å². The molecule has 0 aliphatic heterocycles. The maximum Gasteiger partial charge on any atom is 0.0828 e. The molecule has 0 saturated heterocycles. The summed E-state index contributed by atoms with van der Waals surface area (Å²) >= 11 is 0. The molecule has 62 valence electrons. The summed E-state index contributed by atoms with van der Waals surface area (Å²) in [5.41, 5.74) is 0.938. The van der Waals surface area contributed by atoms with Gasteiger partial charge < -0.3 is 5.11 Å². The molecule has 0 radical (unpaired) electrons. The van der Waals surface area contributed by atoms with E-state index >= 15 is 0 Å². The summed E-state index contributed by atoms with van der Waals surface area (Å²) in [5.74, 6) is 0. The molecule has 1 atom stereocenters. The molecule has 0 bridgehead atoms. The van der Waals surface area contributed by atoms with Gasteiger partial charge in [0.2, 0.25) is 0 Å². The first-order chi connectivity index (χ1) is 5.18. The van der Waals surface area contributed by atoms with E-state index in [1.165, 1.54) is 0 Å². The lowest BCUT2D eigenvalue weighted by Gasteiger charge is -1.98. The van der Waals surface area contributed by atoms with Crippen LogP contribution in [0.15, 0.2) is 6.20 Å². The molecule has 0 unspecified atom stereocenters. The van der Waals surface area contributed by atoms with Crippen LogP contribution in [0.3, 0.4) is 0 Å². The van der Waals surface area contributed by atoms with Gasteiger partial charge in [-0.25, -0.2) is 0 Å². The molecule has 1 aromatic rings. The highest BCUT2D eigenvalue weighted by Crippen LogP contribution is 1.99. The minimum absolute atomic E-state index is 0.253. The third kappa shape index (κ3) is 2.67. The van der Waals surface area contributed by atoms with E-state index in [1.54, 1.807) is 11.6 Å². The van der Waals surface area contributed by atoms with Crippen molar-refractivity contribution in [1.82, 2.24) is 15.0 Å². The van der Waals surface area contributed by atoms with Crippen molar-refractivity contribution in [2.75, 3.05) is 0 Å². The topological polar surface area (TPSA) is 50.9 Å². The average Bonchev–Trinajstić information content (AvgIpc) is 2.31. The zero-order valence-corrected chi connectivity index (χ0v) is 6.86. The van der Waals surface area contributed by atoms with Gasteiger partial charge in [-0.1, -0.05) is 5.21 Å². The summed E-state index contributed by atoms with van der Waals surface area (Å²) < 4.78 is 1.66. The predicted octanol–water partition coefficient (Wildman–Crippen LogP) is 0.128. The monoisotopic (exact) mass is 155 g/mol. The maximum absolute atomic E-state index is 8.97. The molecule has 0 aliphatic rings. The van der Waals surface area contributed by atoms with Gasteiger partial charge in [0.15, 0.2) is 0 Å². The second-order valence-corrected chi connectivity index (χ2v) is 2.77. The molecule has 1 rings (SSSR count). The Kier molecular flexibility index (Phi) is 2.59. The molecule has 0 spiro atoms. The van der Waals surface area contributed by atoms with E-state index in [2.05, 4.69) is 10.3 Å². The van der Waals surface area contributed by atoms with Crippen LogP contribution in [-0.4, -0.2) is 26.2 Å². The third-order valence-corrected chi connectivity index (χ3v) is 1.47. The molecule has 1 N–H and O–H groups in total. The number of hydrogen-bond donors (Lipinski definition) is 1. The smallest absolute Gasteiger partial charge is 0.0828 e. The summed E-state index contributed by atoms with van der Waals surface area (Å²) in [6, 6.07) is 0. The minimum Gasteiger partial charge on any atom is -0.393 e. The first-order valence-electron chi connectivity index (χ1n) is 3.72. The van der Waals surface area contributed by atoms with Crippen molar-refractivity contribution in [3.8, 4) is 0 Å². The van der Waals surface area contributed by atoms with Crippen LogP contribution in [0.2, 0.25) is 0 Å². The molecule has 0 aliphatic carbocycles. The summed E-state index contributed by atoms with van der Waals surface area (Å²) in [6.07, 6.45) is 3.16. The van der Waals surface area contributed by atoms with Gasteiger partial charge in [-0.15, -0.1) is 5.10 Å². The number of aromatic nitrogens is 3. The Balaban J connectivity index is 2.39. The van der Waals surface area contributed by atoms with Crippen LogP contribution in [0.1, 0.15) is 19.0 Å². The Hall–Kier alpha value is -0.900. The van der Waals surface area contributed by atoms with Crippen molar-refractivity contribution >= 4 is 0 Å². The lowest BCUT2D eigenvalue weighted by Crippen LogP contribution is -2.01. The zero-order chi connectivity index (χ0) is 8.27. The van der Waals surface area contributed by atoms with Gasteiger partial charge in [0.05, 0.1) is 11.8 Å². The molecule has 0 fully saturated rings. The van der Waals surface area contributed by atoms with Crippen molar-refractivity contribution in [2.24, 2.45) is 7.05 Å². The van der Waals surface area contributed by atoms with Gasteiger partial charge in [0, 0.05) is 13.2 Å².